The van der Waals surface area contributed by atoms with E-state index in [4.69, 9.17) is 5.73 Å². The number of nitrogens with two attached hydrogens (primary N) is 1. The molecule has 0 aliphatic rings. The van der Waals surface area contributed by atoms with Crippen molar-refractivity contribution in [3.63, 3.8) is 0 Å². The van der Waals surface area contributed by atoms with Gasteiger partial charge in [0.2, 0.25) is 23.6 Å². The summed E-state index contributed by atoms with van der Waals surface area (Å²) in [7, 11) is 2.77. The fourth-order valence-electron chi connectivity index (χ4n) is 2.40. The molecule has 0 bridgehead atoms. The van der Waals surface area contributed by atoms with E-state index in [2.05, 4.69) is 10.6 Å². The van der Waals surface area contributed by atoms with Gasteiger partial charge in [0.25, 0.3) is 5.78 Å². The van der Waals surface area contributed by atoms with Crippen molar-refractivity contribution < 1.29 is 37.1 Å². The van der Waals surface area contributed by atoms with Crippen molar-refractivity contribution in [2.75, 3.05) is 14.1 Å². The third-order valence-corrected chi connectivity index (χ3v) is 4.37. The minimum atomic E-state index is -5.18. The van der Waals surface area contributed by atoms with Crippen molar-refractivity contribution in [2.24, 2.45) is 11.1 Å². The van der Waals surface area contributed by atoms with Gasteiger partial charge in [0.05, 0.1) is 18.5 Å². The first kappa shape index (κ1) is 29.3. The lowest BCUT2D eigenvalue weighted by Crippen LogP contribution is -2.60. The molecule has 0 aliphatic heterocycles. The molecule has 184 valence electrons. The van der Waals surface area contributed by atoms with Crippen LogP contribution in [0.2, 0.25) is 0 Å². The summed E-state index contributed by atoms with van der Waals surface area (Å²) >= 11 is 0. The monoisotopic (exact) mass is 467 g/mol. The van der Waals surface area contributed by atoms with E-state index in [9.17, 15) is 37.1 Å². The number of hydrogen-bond donors (Lipinski definition) is 4. The molecule has 0 saturated heterocycles. The molecule has 10 nitrogen and oxygen atoms in total. The second-order valence-electron chi connectivity index (χ2n) is 8.74. The van der Waals surface area contributed by atoms with Crippen LogP contribution in [0.1, 0.15) is 41.0 Å². The van der Waals surface area contributed by atoms with Crippen LogP contribution in [0.25, 0.3) is 0 Å². The summed E-state index contributed by atoms with van der Waals surface area (Å²) < 4.78 is 37.9. The van der Waals surface area contributed by atoms with Crippen molar-refractivity contribution in [1.82, 2.24) is 20.9 Å². The molecule has 0 aliphatic carbocycles. The number of hydrogen-bond acceptors (Lipinski definition) is 6. The van der Waals surface area contributed by atoms with E-state index < -0.39 is 71.6 Å². The highest BCUT2D eigenvalue weighted by molar-refractivity contribution is 5.98. The number of nitrogens with one attached hydrogen (secondary N) is 3. The molecule has 5 N–H and O–H groups in total. The molecule has 0 aromatic heterocycles. The van der Waals surface area contributed by atoms with Crippen LogP contribution in [0.5, 0.6) is 0 Å². The van der Waals surface area contributed by atoms with Gasteiger partial charge in [-0.3, -0.25) is 24.0 Å². The van der Waals surface area contributed by atoms with Crippen LogP contribution in [0, 0.1) is 5.41 Å². The summed E-state index contributed by atoms with van der Waals surface area (Å²) in [4.78, 5) is 62.0. The molecule has 0 radical (unpaired) electrons. The number of Topliss-reactive ketones (excluding diaryl/α,β-unsaturated/α-hetero) is 1. The van der Waals surface area contributed by atoms with Gasteiger partial charge in [-0.25, -0.2) is 0 Å². The normalized spacial score (nSPS) is 15.6. The number of carbonyl (C=O) groups is 5. The standard InChI is InChI=1S/C19H32F3N5O5/c1-9(23)15(30)26-13(18(3,4)5)17(32)25-11(8-12(28)27(6)7)16(31)24-10(2)14(29)19(20,21)22/h9-11,13H,8,23H2,1-7H3,(H,24,31)(H,25,32)(H,26,30). The van der Waals surface area contributed by atoms with Crippen LogP contribution in [-0.2, 0) is 24.0 Å². The van der Waals surface area contributed by atoms with Crippen LogP contribution < -0.4 is 21.7 Å². The Bertz CT molecular complexity index is 732. The molecule has 0 spiro atoms. The second-order valence-corrected chi connectivity index (χ2v) is 8.74. The molecular weight excluding hydrogens is 435 g/mol. The topological polar surface area (TPSA) is 151 Å². The summed E-state index contributed by atoms with van der Waals surface area (Å²) in [6.45, 7) is 7.12. The summed E-state index contributed by atoms with van der Waals surface area (Å²) in [6.07, 6.45) is -5.76. The highest BCUT2D eigenvalue weighted by atomic mass is 19.4. The lowest BCUT2D eigenvalue weighted by atomic mass is 9.85. The zero-order valence-electron chi connectivity index (χ0n) is 19.2. The number of rotatable bonds is 9. The first-order valence-electron chi connectivity index (χ1n) is 9.76. The lowest BCUT2D eigenvalue weighted by molar-refractivity contribution is -0.173. The molecule has 0 heterocycles. The number of halogens is 3. The van der Waals surface area contributed by atoms with Crippen LogP contribution >= 0.6 is 0 Å². The van der Waals surface area contributed by atoms with Crippen molar-refractivity contribution in [2.45, 2.75) is 71.4 Å². The van der Waals surface area contributed by atoms with Gasteiger partial charge in [-0.1, -0.05) is 20.8 Å². The smallest absolute Gasteiger partial charge is 0.349 e. The van der Waals surface area contributed by atoms with Crippen molar-refractivity contribution >= 4 is 29.4 Å². The van der Waals surface area contributed by atoms with Crippen LogP contribution in [0.15, 0.2) is 0 Å². The number of ketones is 1. The fourth-order valence-corrected chi connectivity index (χ4v) is 2.40. The molecule has 0 aromatic carbocycles. The Hall–Kier alpha value is -2.70. The van der Waals surface area contributed by atoms with Gasteiger partial charge in [-0.2, -0.15) is 13.2 Å². The Morgan fingerprint density at radius 1 is 0.875 bits per heavy atom. The van der Waals surface area contributed by atoms with E-state index in [1.807, 2.05) is 5.32 Å². The third kappa shape index (κ3) is 9.20. The molecule has 0 fully saturated rings. The van der Waals surface area contributed by atoms with Crippen LogP contribution in [0.4, 0.5) is 13.2 Å². The highest BCUT2D eigenvalue weighted by Crippen LogP contribution is 2.20. The van der Waals surface area contributed by atoms with E-state index in [-0.39, 0.29) is 0 Å². The summed E-state index contributed by atoms with van der Waals surface area (Å²) in [5.74, 6) is -5.45. The average Bonchev–Trinajstić information content (AvgIpc) is 2.62. The number of amides is 4. The van der Waals surface area contributed by atoms with Crippen LogP contribution in [0.3, 0.4) is 0 Å². The Labute approximate surface area is 184 Å². The zero-order chi connectivity index (χ0) is 25.6. The molecule has 13 heteroatoms. The number of carbonyl (C=O) groups excluding carboxylic acids is 5. The van der Waals surface area contributed by atoms with E-state index in [0.717, 1.165) is 11.8 Å². The first-order valence-corrected chi connectivity index (χ1v) is 9.76. The first-order chi connectivity index (χ1) is 14.3. The second kappa shape index (κ2) is 11.2. The minimum absolute atomic E-state index is 0.588. The van der Waals surface area contributed by atoms with Gasteiger partial charge in [0.1, 0.15) is 12.1 Å². The van der Waals surface area contributed by atoms with Gasteiger partial charge in [0.15, 0.2) is 0 Å². The van der Waals surface area contributed by atoms with Gasteiger partial charge < -0.3 is 26.6 Å². The Morgan fingerprint density at radius 3 is 1.75 bits per heavy atom. The van der Waals surface area contributed by atoms with E-state index in [1.165, 1.54) is 21.0 Å². The molecule has 0 saturated carbocycles. The maximum absolute atomic E-state index is 12.9. The number of nitrogens with zero attached hydrogens (tertiary/aromatic N) is 1. The molecular formula is C19H32F3N5O5. The van der Waals surface area contributed by atoms with Gasteiger partial charge >= 0.3 is 6.18 Å². The summed E-state index contributed by atoms with van der Waals surface area (Å²) in [5, 5.41) is 6.61. The predicted octanol–water partition coefficient (Wildman–Crippen LogP) is -0.536. The van der Waals surface area contributed by atoms with E-state index in [0.29, 0.717) is 0 Å². The highest BCUT2D eigenvalue weighted by Gasteiger charge is 2.43. The summed E-state index contributed by atoms with van der Waals surface area (Å²) in [5.41, 5.74) is 4.67. The Kier molecular flexibility index (Phi) is 10.3. The molecule has 4 atom stereocenters. The molecule has 0 aromatic rings. The van der Waals surface area contributed by atoms with Crippen molar-refractivity contribution in [1.29, 1.82) is 0 Å². The molecule has 4 unspecified atom stereocenters. The fraction of sp³-hybridized carbons (Fsp3) is 0.737. The van der Waals surface area contributed by atoms with Crippen molar-refractivity contribution in [3.05, 3.63) is 0 Å². The summed E-state index contributed by atoms with van der Waals surface area (Å²) in [6, 6.07) is -5.65. The largest absolute Gasteiger partial charge is 0.452 e. The Morgan fingerprint density at radius 2 is 1.38 bits per heavy atom. The third-order valence-electron chi connectivity index (χ3n) is 4.37. The quantitative estimate of drug-likeness (QED) is 0.358. The zero-order valence-corrected chi connectivity index (χ0v) is 19.2. The SMILES string of the molecule is CC(N)C(=O)NC(C(=O)NC(CC(=O)N(C)C)C(=O)NC(C)C(=O)C(F)(F)F)C(C)(C)C. The van der Waals surface area contributed by atoms with E-state index >= 15 is 0 Å². The molecule has 4 amide bonds. The van der Waals surface area contributed by atoms with Crippen LogP contribution in [-0.4, -0.2) is 78.8 Å². The lowest BCUT2D eigenvalue weighted by Gasteiger charge is -2.32. The van der Waals surface area contributed by atoms with E-state index in [1.54, 1.807) is 20.8 Å². The van der Waals surface area contributed by atoms with Gasteiger partial charge in [0, 0.05) is 14.1 Å². The van der Waals surface area contributed by atoms with Crippen molar-refractivity contribution in [3.8, 4) is 0 Å². The minimum Gasteiger partial charge on any atom is -0.349 e. The number of alkyl halides is 3. The average molecular weight is 467 g/mol. The maximum atomic E-state index is 12.9. The maximum Gasteiger partial charge on any atom is 0.452 e. The van der Waals surface area contributed by atoms with Gasteiger partial charge in [-0.05, 0) is 19.3 Å². The molecule has 32 heavy (non-hydrogen) atoms. The molecule has 0 rings (SSSR count). The van der Waals surface area contributed by atoms with Gasteiger partial charge in [-0.15, -0.1) is 0 Å². The Balaban J connectivity index is 5.75. The predicted molar refractivity (Wildman–Crippen MR) is 109 cm³/mol.